The van der Waals surface area contributed by atoms with Gasteiger partial charge in [-0.2, -0.15) is 5.10 Å². The molecule has 1 N–H and O–H groups in total. The van der Waals surface area contributed by atoms with Gasteiger partial charge in [0.1, 0.15) is 15.4 Å². The second-order valence-corrected chi connectivity index (χ2v) is 5.12. The Labute approximate surface area is 103 Å². The van der Waals surface area contributed by atoms with Gasteiger partial charge in [-0.05, 0) is 12.5 Å². The maximum absolute atomic E-state index is 9.92. The highest BCUT2D eigenvalue weighted by Gasteiger charge is 2.13. The van der Waals surface area contributed by atoms with Crippen molar-refractivity contribution in [3.63, 3.8) is 0 Å². The highest BCUT2D eigenvalue weighted by Crippen LogP contribution is 2.25. The summed E-state index contributed by atoms with van der Waals surface area (Å²) in [7, 11) is 0. The van der Waals surface area contributed by atoms with E-state index in [0.717, 1.165) is 12.1 Å². The van der Waals surface area contributed by atoms with Crippen LogP contribution in [0, 0.1) is 0 Å². The van der Waals surface area contributed by atoms with E-state index < -0.39 is 6.10 Å². The minimum absolute atomic E-state index is 0.518. The van der Waals surface area contributed by atoms with E-state index in [0.29, 0.717) is 15.8 Å². The standard InChI is InChI=1S/C10H12ClN3OS/c1-2-14-6-7(4-13-14)3-8(15)10-12-5-9(11)16-10/h4-6,8,15H,2-3H2,1H3. The molecule has 2 heterocycles. The molecule has 0 saturated heterocycles. The maximum Gasteiger partial charge on any atom is 0.123 e. The molecule has 1 unspecified atom stereocenters. The van der Waals surface area contributed by atoms with Crippen LogP contribution >= 0.6 is 22.9 Å². The quantitative estimate of drug-likeness (QED) is 0.914. The van der Waals surface area contributed by atoms with E-state index >= 15 is 0 Å². The zero-order chi connectivity index (χ0) is 11.5. The molecule has 0 amide bonds. The van der Waals surface area contributed by atoms with E-state index in [-0.39, 0.29) is 0 Å². The Bertz CT molecular complexity index is 468. The summed E-state index contributed by atoms with van der Waals surface area (Å²) in [5.41, 5.74) is 1.00. The molecule has 0 aliphatic heterocycles. The fourth-order valence-corrected chi connectivity index (χ4v) is 2.33. The Balaban J connectivity index is 2.04. The average molecular weight is 258 g/mol. The van der Waals surface area contributed by atoms with E-state index in [4.69, 9.17) is 11.6 Å². The molecule has 16 heavy (non-hydrogen) atoms. The number of hydrogen-bond donors (Lipinski definition) is 1. The van der Waals surface area contributed by atoms with Crippen molar-refractivity contribution in [1.82, 2.24) is 14.8 Å². The Morgan fingerprint density at radius 2 is 2.38 bits per heavy atom. The summed E-state index contributed by atoms with van der Waals surface area (Å²) < 4.78 is 2.43. The molecule has 2 aromatic rings. The third kappa shape index (κ3) is 2.61. The van der Waals surface area contributed by atoms with Crippen molar-refractivity contribution in [2.45, 2.75) is 26.0 Å². The first-order valence-corrected chi connectivity index (χ1v) is 6.19. The molecule has 86 valence electrons. The first kappa shape index (κ1) is 11.6. The number of hydrogen-bond acceptors (Lipinski definition) is 4. The number of aryl methyl sites for hydroxylation is 1. The molecule has 0 bridgehead atoms. The van der Waals surface area contributed by atoms with Gasteiger partial charge in [0, 0.05) is 19.2 Å². The second kappa shape index (κ2) is 4.95. The number of aromatic nitrogens is 3. The van der Waals surface area contributed by atoms with Crippen molar-refractivity contribution in [1.29, 1.82) is 0 Å². The molecule has 0 aliphatic rings. The van der Waals surface area contributed by atoms with Gasteiger partial charge in [0.25, 0.3) is 0 Å². The summed E-state index contributed by atoms with van der Waals surface area (Å²) in [6.07, 6.45) is 5.16. The van der Waals surface area contributed by atoms with Crippen LogP contribution in [0.25, 0.3) is 0 Å². The molecule has 4 nitrogen and oxygen atoms in total. The zero-order valence-corrected chi connectivity index (χ0v) is 10.4. The predicted octanol–water partition coefficient (Wildman–Crippen LogP) is 2.29. The van der Waals surface area contributed by atoms with Crippen LogP contribution in [0.1, 0.15) is 23.6 Å². The fourth-order valence-electron chi connectivity index (χ4n) is 1.42. The van der Waals surface area contributed by atoms with Gasteiger partial charge in [-0.25, -0.2) is 4.98 Å². The number of aliphatic hydroxyl groups excluding tert-OH is 1. The maximum atomic E-state index is 9.92. The van der Waals surface area contributed by atoms with Crippen LogP contribution in [0.15, 0.2) is 18.6 Å². The van der Waals surface area contributed by atoms with Crippen LogP contribution < -0.4 is 0 Å². The Morgan fingerprint density at radius 3 is 2.94 bits per heavy atom. The molecule has 0 aromatic carbocycles. The minimum Gasteiger partial charge on any atom is -0.386 e. The smallest absolute Gasteiger partial charge is 0.123 e. The number of rotatable bonds is 4. The average Bonchev–Trinajstić information content (AvgIpc) is 2.87. The van der Waals surface area contributed by atoms with E-state index in [9.17, 15) is 5.11 Å². The summed E-state index contributed by atoms with van der Waals surface area (Å²) in [4.78, 5) is 4.05. The SMILES string of the molecule is CCn1cc(CC(O)c2ncc(Cl)s2)cn1. The van der Waals surface area contributed by atoms with E-state index in [1.165, 1.54) is 11.3 Å². The van der Waals surface area contributed by atoms with Gasteiger partial charge in [-0.3, -0.25) is 4.68 Å². The van der Waals surface area contributed by atoms with Gasteiger partial charge in [0.15, 0.2) is 0 Å². The molecule has 2 rings (SSSR count). The molecule has 1 atom stereocenters. The molecule has 0 saturated carbocycles. The third-order valence-electron chi connectivity index (χ3n) is 2.22. The van der Waals surface area contributed by atoms with E-state index in [2.05, 4.69) is 10.1 Å². The van der Waals surface area contributed by atoms with Crippen molar-refractivity contribution in [3.05, 3.63) is 33.5 Å². The first-order chi connectivity index (χ1) is 7.69. The Hall–Kier alpha value is -0.910. The number of halogens is 1. The molecule has 0 spiro atoms. The van der Waals surface area contributed by atoms with Crippen LogP contribution in [-0.4, -0.2) is 19.9 Å². The van der Waals surface area contributed by atoms with Crippen LogP contribution in [0.4, 0.5) is 0 Å². The van der Waals surface area contributed by atoms with Crippen LogP contribution in [0.5, 0.6) is 0 Å². The van der Waals surface area contributed by atoms with Gasteiger partial charge in [0.2, 0.25) is 0 Å². The van der Waals surface area contributed by atoms with E-state index in [1.54, 1.807) is 12.4 Å². The summed E-state index contributed by atoms with van der Waals surface area (Å²) in [5.74, 6) is 0. The fraction of sp³-hybridized carbons (Fsp3) is 0.400. The third-order valence-corrected chi connectivity index (χ3v) is 3.44. The van der Waals surface area contributed by atoms with Gasteiger partial charge >= 0.3 is 0 Å². The zero-order valence-electron chi connectivity index (χ0n) is 8.80. The molecule has 6 heteroatoms. The monoisotopic (exact) mass is 257 g/mol. The second-order valence-electron chi connectivity index (χ2n) is 3.43. The lowest BCUT2D eigenvalue weighted by atomic mass is 10.2. The van der Waals surface area contributed by atoms with Gasteiger partial charge in [-0.1, -0.05) is 11.6 Å². The van der Waals surface area contributed by atoms with Crippen molar-refractivity contribution < 1.29 is 5.11 Å². The van der Waals surface area contributed by atoms with E-state index in [1.807, 2.05) is 17.8 Å². The number of thiazole rings is 1. The van der Waals surface area contributed by atoms with Crippen LogP contribution in [-0.2, 0) is 13.0 Å². The van der Waals surface area contributed by atoms with Crippen molar-refractivity contribution >= 4 is 22.9 Å². The first-order valence-electron chi connectivity index (χ1n) is 4.99. The summed E-state index contributed by atoms with van der Waals surface area (Å²) in [6.45, 7) is 2.85. The molecule has 0 radical (unpaired) electrons. The topological polar surface area (TPSA) is 50.9 Å². The lowest BCUT2D eigenvalue weighted by Gasteiger charge is -2.04. The lowest BCUT2D eigenvalue weighted by molar-refractivity contribution is 0.178. The number of aliphatic hydroxyl groups is 1. The Morgan fingerprint density at radius 1 is 1.56 bits per heavy atom. The summed E-state index contributed by atoms with van der Waals surface area (Å²) in [5, 5.41) is 14.7. The minimum atomic E-state index is -0.605. The highest BCUT2D eigenvalue weighted by molar-refractivity contribution is 7.15. The van der Waals surface area contributed by atoms with Gasteiger partial charge in [-0.15, -0.1) is 11.3 Å². The molecular formula is C10H12ClN3OS. The molecule has 0 fully saturated rings. The van der Waals surface area contributed by atoms with Crippen molar-refractivity contribution in [2.75, 3.05) is 0 Å². The van der Waals surface area contributed by atoms with Crippen molar-refractivity contribution in [2.24, 2.45) is 0 Å². The lowest BCUT2D eigenvalue weighted by Crippen LogP contribution is -2.00. The van der Waals surface area contributed by atoms with Gasteiger partial charge < -0.3 is 5.11 Å². The van der Waals surface area contributed by atoms with Crippen molar-refractivity contribution in [3.8, 4) is 0 Å². The van der Waals surface area contributed by atoms with Gasteiger partial charge in [0.05, 0.1) is 12.4 Å². The predicted molar refractivity (Wildman–Crippen MR) is 63.7 cm³/mol. The molecular weight excluding hydrogens is 246 g/mol. The largest absolute Gasteiger partial charge is 0.386 e. The summed E-state index contributed by atoms with van der Waals surface area (Å²) in [6, 6.07) is 0. The van der Waals surface area contributed by atoms with Crippen LogP contribution in [0.2, 0.25) is 4.34 Å². The highest BCUT2D eigenvalue weighted by atomic mass is 35.5. The molecule has 0 aliphatic carbocycles. The number of nitrogens with zero attached hydrogens (tertiary/aromatic N) is 3. The Kier molecular flexibility index (Phi) is 3.58. The van der Waals surface area contributed by atoms with Crippen LogP contribution in [0.3, 0.4) is 0 Å². The summed E-state index contributed by atoms with van der Waals surface area (Å²) >= 11 is 7.07. The normalized spacial score (nSPS) is 12.9. The molecule has 2 aromatic heterocycles.